The van der Waals surface area contributed by atoms with Gasteiger partial charge in [-0.15, -0.1) is 24.0 Å². The molecule has 0 radical (unpaired) electrons. The lowest BCUT2D eigenvalue weighted by atomic mass is 9.87. The molecule has 1 aromatic carbocycles. The summed E-state index contributed by atoms with van der Waals surface area (Å²) in [6.07, 6.45) is 1.45. The van der Waals surface area contributed by atoms with E-state index in [1.165, 1.54) is 11.1 Å². The molecule has 2 rings (SSSR count). The highest BCUT2D eigenvalue weighted by molar-refractivity contribution is 14.0. The Labute approximate surface area is 175 Å². The normalized spacial score (nSPS) is 18.3. The van der Waals surface area contributed by atoms with E-state index >= 15 is 0 Å². The molecule has 0 aliphatic carbocycles. The van der Waals surface area contributed by atoms with Gasteiger partial charge < -0.3 is 15.5 Å². The Morgan fingerprint density at radius 3 is 2.46 bits per heavy atom. The number of amides is 1. The van der Waals surface area contributed by atoms with E-state index in [0.717, 1.165) is 25.5 Å². The highest BCUT2D eigenvalue weighted by atomic mass is 127. The number of likely N-dealkylation sites (N-methyl/N-ethyl adjacent to an activating group) is 1. The summed E-state index contributed by atoms with van der Waals surface area (Å²) in [6.45, 7) is 10.9. The van der Waals surface area contributed by atoms with E-state index < -0.39 is 0 Å². The molecular formula is C20H33IN4O. The van der Waals surface area contributed by atoms with Crippen molar-refractivity contribution in [3.05, 3.63) is 35.4 Å². The minimum Gasteiger partial charge on any atom is -0.357 e. The summed E-state index contributed by atoms with van der Waals surface area (Å²) in [6, 6.07) is 8.94. The Morgan fingerprint density at radius 2 is 1.92 bits per heavy atom. The van der Waals surface area contributed by atoms with Crippen molar-refractivity contribution in [3.63, 3.8) is 0 Å². The first-order valence-corrected chi connectivity index (χ1v) is 9.18. The Bertz CT molecular complexity index is 607. The minimum absolute atomic E-state index is 0. The highest BCUT2D eigenvalue weighted by Crippen LogP contribution is 2.22. The molecule has 1 fully saturated rings. The smallest absolute Gasteiger partial charge is 0.222 e. The lowest BCUT2D eigenvalue weighted by Crippen LogP contribution is -2.51. The first-order valence-electron chi connectivity index (χ1n) is 9.18. The van der Waals surface area contributed by atoms with Gasteiger partial charge >= 0.3 is 0 Å². The molecule has 1 aromatic rings. The van der Waals surface area contributed by atoms with Gasteiger partial charge in [0, 0.05) is 32.6 Å². The number of carbonyl (C=O) groups excluding carboxylic acids is 1. The zero-order valence-electron chi connectivity index (χ0n) is 16.6. The number of aliphatic imine (C=N–C) groups is 1. The van der Waals surface area contributed by atoms with Crippen LogP contribution in [0.25, 0.3) is 0 Å². The summed E-state index contributed by atoms with van der Waals surface area (Å²) in [5.41, 5.74) is 2.70. The van der Waals surface area contributed by atoms with E-state index in [1.807, 2.05) is 7.05 Å². The number of nitrogens with zero attached hydrogens (tertiary/aromatic N) is 2. The summed E-state index contributed by atoms with van der Waals surface area (Å²) in [5.74, 6) is 1.04. The van der Waals surface area contributed by atoms with Crippen LogP contribution in [0.3, 0.4) is 0 Å². The molecule has 146 valence electrons. The summed E-state index contributed by atoms with van der Waals surface area (Å²) < 4.78 is 0. The van der Waals surface area contributed by atoms with Gasteiger partial charge in [0.15, 0.2) is 5.96 Å². The number of nitrogens with one attached hydrogen (secondary N) is 2. The fourth-order valence-electron chi connectivity index (χ4n) is 2.92. The molecule has 5 nitrogen and oxygen atoms in total. The van der Waals surface area contributed by atoms with Gasteiger partial charge in [-0.05, 0) is 29.9 Å². The van der Waals surface area contributed by atoms with Crippen LogP contribution in [0.5, 0.6) is 0 Å². The van der Waals surface area contributed by atoms with Gasteiger partial charge in [-0.3, -0.25) is 4.79 Å². The van der Waals surface area contributed by atoms with Gasteiger partial charge in [0.25, 0.3) is 0 Å². The predicted molar refractivity (Wildman–Crippen MR) is 119 cm³/mol. The molecule has 1 saturated heterocycles. The van der Waals surface area contributed by atoms with Crippen molar-refractivity contribution in [2.75, 3.05) is 20.1 Å². The number of hydrogen-bond donors (Lipinski definition) is 2. The first-order chi connectivity index (χ1) is 11.8. The second kappa shape index (κ2) is 10.1. The number of hydrogen-bond acceptors (Lipinski definition) is 2. The lowest BCUT2D eigenvalue weighted by molar-refractivity contribution is -0.132. The number of guanidine groups is 1. The molecule has 1 atom stereocenters. The molecule has 1 aliphatic rings. The predicted octanol–water partition coefficient (Wildman–Crippen LogP) is 3.28. The molecule has 1 heterocycles. The molecule has 1 amide bonds. The van der Waals surface area contributed by atoms with Crippen LogP contribution in [0.4, 0.5) is 0 Å². The number of halogens is 1. The molecule has 26 heavy (non-hydrogen) atoms. The van der Waals surface area contributed by atoms with E-state index in [-0.39, 0.29) is 41.3 Å². The van der Waals surface area contributed by atoms with Gasteiger partial charge in [0.1, 0.15) is 0 Å². The van der Waals surface area contributed by atoms with Crippen LogP contribution < -0.4 is 10.6 Å². The van der Waals surface area contributed by atoms with Gasteiger partial charge in [-0.1, -0.05) is 45.0 Å². The van der Waals surface area contributed by atoms with Crippen molar-refractivity contribution in [3.8, 4) is 0 Å². The monoisotopic (exact) mass is 472 g/mol. The van der Waals surface area contributed by atoms with Crippen LogP contribution in [0, 0.1) is 0 Å². The third-order valence-corrected chi connectivity index (χ3v) is 4.55. The van der Waals surface area contributed by atoms with Crippen LogP contribution in [-0.2, 0) is 16.8 Å². The molecule has 0 spiro atoms. The Hall–Kier alpha value is -1.31. The number of piperidine rings is 1. The molecule has 0 aromatic heterocycles. The van der Waals surface area contributed by atoms with E-state index in [0.29, 0.717) is 13.0 Å². The van der Waals surface area contributed by atoms with E-state index in [2.05, 4.69) is 62.6 Å². The van der Waals surface area contributed by atoms with Gasteiger partial charge in [-0.25, -0.2) is 4.99 Å². The van der Waals surface area contributed by atoms with Crippen LogP contribution >= 0.6 is 24.0 Å². The standard InChI is InChI=1S/C20H32N4O.HI/c1-6-21-19(23-17-11-12-18(25)24(5)14-17)22-13-15-7-9-16(10-8-15)20(2,3)4;/h7-10,17H,6,11-14H2,1-5H3,(H2,21,22,23);1H. The average molecular weight is 472 g/mol. The zero-order chi connectivity index (χ0) is 18.4. The number of carbonyl (C=O) groups is 1. The summed E-state index contributed by atoms with van der Waals surface area (Å²) in [7, 11) is 1.86. The van der Waals surface area contributed by atoms with Crippen LogP contribution in [0.15, 0.2) is 29.3 Å². The fourth-order valence-corrected chi connectivity index (χ4v) is 2.92. The second-order valence-corrected chi connectivity index (χ2v) is 7.80. The summed E-state index contributed by atoms with van der Waals surface area (Å²) in [5, 5.41) is 6.76. The highest BCUT2D eigenvalue weighted by Gasteiger charge is 2.23. The van der Waals surface area contributed by atoms with E-state index in [9.17, 15) is 4.79 Å². The maximum atomic E-state index is 11.6. The van der Waals surface area contributed by atoms with Crippen molar-refractivity contribution in [2.45, 2.75) is 58.5 Å². The molecule has 0 saturated carbocycles. The summed E-state index contributed by atoms with van der Waals surface area (Å²) in [4.78, 5) is 18.1. The SMILES string of the molecule is CCNC(=NCc1ccc(C(C)(C)C)cc1)NC1CCC(=O)N(C)C1.I. The third-order valence-electron chi connectivity index (χ3n) is 4.55. The second-order valence-electron chi connectivity index (χ2n) is 7.80. The topological polar surface area (TPSA) is 56.7 Å². The lowest BCUT2D eigenvalue weighted by Gasteiger charge is -2.31. The van der Waals surface area contributed by atoms with Crippen LogP contribution in [-0.4, -0.2) is 42.9 Å². The maximum Gasteiger partial charge on any atom is 0.222 e. The maximum absolute atomic E-state index is 11.6. The average Bonchev–Trinajstić information content (AvgIpc) is 2.56. The van der Waals surface area contributed by atoms with E-state index in [4.69, 9.17) is 4.99 Å². The minimum atomic E-state index is 0. The van der Waals surface area contributed by atoms with Crippen LogP contribution in [0.2, 0.25) is 0 Å². The third kappa shape index (κ3) is 6.78. The van der Waals surface area contributed by atoms with Crippen molar-refractivity contribution < 1.29 is 4.79 Å². The Kier molecular flexibility index (Phi) is 8.86. The number of likely N-dealkylation sites (tertiary alicyclic amines) is 1. The number of benzene rings is 1. The molecule has 1 aliphatic heterocycles. The van der Waals surface area contributed by atoms with Crippen molar-refractivity contribution in [1.82, 2.24) is 15.5 Å². The molecule has 6 heteroatoms. The number of rotatable bonds is 4. The van der Waals surface area contributed by atoms with E-state index in [1.54, 1.807) is 4.90 Å². The van der Waals surface area contributed by atoms with Gasteiger partial charge in [0.2, 0.25) is 5.91 Å². The molecular weight excluding hydrogens is 439 g/mol. The molecule has 1 unspecified atom stereocenters. The van der Waals surface area contributed by atoms with Crippen molar-refractivity contribution in [1.29, 1.82) is 0 Å². The largest absolute Gasteiger partial charge is 0.357 e. The Balaban J connectivity index is 0.00000338. The first kappa shape index (κ1) is 22.7. The quantitative estimate of drug-likeness (QED) is 0.402. The van der Waals surface area contributed by atoms with Crippen molar-refractivity contribution >= 4 is 35.8 Å². The van der Waals surface area contributed by atoms with Crippen LogP contribution in [0.1, 0.15) is 51.7 Å². The Morgan fingerprint density at radius 1 is 1.27 bits per heavy atom. The fraction of sp³-hybridized carbons (Fsp3) is 0.600. The summed E-state index contributed by atoms with van der Waals surface area (Å²) >= 11 is 0. The van der Waals surface area contributed by atoms with Gasteiger partial charge in [0.05, 0.1) is 6.54 Å². The van der Waals surface area contributed by atoms with Gasteiger partial charge in [-0.2, -0.15) is 0 Å². The molecule has 2 N–H and O–H groups in total. The molecule has 0 bridgehead atoms. The zero-order valence-corrected chi connectivity index (χ0v) is 19.0. The van der Waals surface area contributed by atoms with Crippen molar-refractivity contribution in [2.24, 2.45) is 4.99 Å².